The fraction of sp³-hybridized carbons (Fsp3) is 0.200. The Balaban J connectivity index is 3.89. The van der Waals surface area contributed by atoms with Crippen LogP contribution in [0.15, 0.2) is 12.2 Å². The second kappa shape index (κ2) is 3.62. The number of carbonyl (C=O) groups is 2. The van der Waals surface area contributed by atoms with Gasteiger partial charge in [-0.05, 0) is 0 Å². The summed E-state index contributed by atoms with van der Waals surface area (Å²) in [7, 11) is 0. The molecule has 1 amide bonds. The summed E-state index contributed by atoms with van der Waals surface area (Å²) in [4.78, 5) is 20.0. The standard InChI is InChI=1S/C5H8N2O3/c6-3(5(9)10)1-2-4(7)8/h1-3H,6H2,(H2,7,8)(H,9,10)/b2-1-/i4+1. The van der Waals surface area contributed by atoms with Gasteiger partial charge in [0.1, 0.15) is 6.04 Å². The Morgan fingerprint density at radius 1 is 1.50 bits per heavy atom. The zero-order valence-corrected chi connectivity index (χ0v) is 5.15. The van der Waals surface area contributed by atoms with E-state index < -0.39 is 17.9 Å². The average Bonchev–Trinajstić information content (AvgIpc) is 1.82. The molecule has 0 aliphatic rings. The first-order chi connectivity index (χ1) is 4.54. The molecule has 0 aliphatic carbocycles. The normalized spacial score (nSPS) is 13.3. The monoisotopic (exact) mass is 145 g/mol. The van der Waals surface area contributed by atoms with E-state index in [1.165, 1.54) is 0 Å². The van der Waals surface area contributed by atoms with E-state index >= 15 is 0 Å². The molecule has 0 aromatic carbocycles. The molecule has 0 saturated heterocycles. The third-order valence-electron chi connectivity index (χ3n) is 0.753. The van der Waals surface area contributed by atoms with Gasteiger partial charge in [-0.3, -0.25) is 9.59 Å². The third-order valence-corrected chi connectivity index (χ3v) is 0.753. The highest BCUT2D eigenvalue weighted by Gasteiger charge is 2.05. The van der Waals surface area contributed by atoms with Gasteiger partial charge in [0, 0.05) is 6.08 Å². The van der Waals surface area contributed by atoms with E-state index in [0.29, 0.717) is 0 Å². The summed E-state index contributed by atoms with van der Waals surface area (Å²) in [6, 6.07) is -1.16. The molecule has 5 nitrogen and oxygen atoms in total. The molecule has 0 aliphatic heterocycles. The first-order valence-corrected chi connectivity index (χ1v) is 2.50. The molecule has 5 heteroatoms. The van der Waals surface area contributed by atoms with Gasteiger partial charge >= 0.3 is 5.97 Å². The Hall–Kier alpha value is -1.36. The van der Waals surface area contributed by atoms with Gasteiger partial charge in [0.2, 0.25) is 5.91 Å². The summed E-state index contributed by atoms with van der Waals surface area (Å²) in [5.74, 6) is -1.91. The molecule has 5 N–H and O–H groups in total. The number of rotatable bonds is 3. The Morgan fingerprint density at radius 3 is 2.30 bits per heavy atom. The molecule has 0 radical (unpaired) electrons. The molecule has 56 valence electrons. The van der Waals surface area contributed by atoms with Crippen molar-refractivity contribution in [2.75, 3.05) is 0 Å². The van der Waals surface area contributed by atoms with Crippen molar-refractivity contribution in [1.29, 1.82) is 0 Å². The number of carboxylic acid groups (broad SMARTS) is 1. The van der Waals surface area contributed by atoms with E-state index in [4.69, 9.17) is 10.8 Å². The van der Waals surface area contributed by atoms with E-state index in [1.807, 2.05) is 0 Å². The number of nitrogens with two attached hydrogens (primary N) is 2. The predicted octanol–water partition coefficient (Wildman–Crippen LogP) is -1.56. The largest absolute Gasteiger partial charge is 0.480 e. The van der Waals surface area contributed by atoms with Gasteiger partial charge in [-0.1, -0.05) is 6.08 Å². The van der Waals surface area contributed by atoms with E-state index in [-0.39, 0.29) is 0 Å². The summed E-state index contributed by atoms with van der Waals surface area (Å²) in [5, 5.41) is 8.17. The molecule has 10 heavy (non-hydrogen) atoms. The fourth-order valence-corrected chi connectivity index (χ4v) is 0.281. The maximum atomic E-state index is 10.0. The number of primary amides is 1. The van der Waals surface area contributed by atoms with Crippen molar-refractivity contribution in [2.24, 2.45) is 11.5 Å². The van der Waals surface area contributed by atoms with Crippen LogP contribution in [0.3, 0.4) is 0 Å². The van der Waals surface area contributed by atoms with Gasteiger partial charge in [0.15, 0.2) is 0 Å². The number of hydrogen-bond donors (Lipinski definition) is 3. The van der Waals surface area contributed by atoms with Gasteiger partial charge < -0.3 is 16.6 Å². The van der Waals surface area contributed by atoms with Crippen molar-refractivity contribution >= 4 is 11.9 Å². The van der Waals surface area contributed by atoms with Gasteiger partial charge in [-0.2, -0.15) is 0 Å². The SMILES string of the molecule is NC(/C=C\[13C](N)=O)C(=O)O. The summed E-state index contributed by atoms with van der Waals surface area (Å²) in [6.07, 6.45) is 1.93. The van der Waals surface area contributed by atoms with Crippen LogP contribution in [0.2, 0.25) is 0 Å². The highest BCUT2D eigenvalue weighted by atomic mass is 16.4. The molecule has 0 heterocycles. The van der Waals surface area contributed by atoms with Crippen LogP contribution in [-0.4, -0.2) is 23.0 Å². The minimum atomic E-state index is -1.20. The molecule has 0 fully saturated rings. The number of amides is 1. The van der Waals surface area contributed by atoms with Crippen molar-refractivity contribution in [3.05, 3.63) is 12.2 Å². The lowest BCUT2D eigenvalue weighted by atomic mass is 10.3. The highest BCUT2D eigenvalue weighted by molar-refractivity contribution is 5.87. The van der Waals surface area contributed by atoms with Gasteiger partial charge in [0.05, 0.1) is 0 Å². The maximum absolute atomic E-state index is 10.0. The molecule has 0 aromatic rings. The molecule has 0 bridgehead atoms. The van der Waals surface area contributed by atoms with E-state index in [9.17, 15) is 9.59 Å². The molecule has 0 aromatic heterocycles. The van der Waals surface area contributed by atoms with Crippen molar-refractivity contribution in [1.82, 2.24) is 0 Å². The van der Waals surface area contributed by atoms with E-state index in [1.54, 1.807) is 0 Å². The Labute approximate surface area is 57.3 Å². The molecular formula is C5H8N2O3. The lowest BCUT2D eigenvalue weighted by molar-refractivity contribution is -0.137. The third kappa shape index (κ3) is 3.62. The van der Waals surface area contributed by atoms with Crippen LogP contribution < -0.4 is 11.5 Å². The van der Waals surface area contributed by atoms with Crippen LogP contribution in [-0.2, 0) is 9.59 Å². The van der Waals surface area contributed by atoms with Crippen LogP contribution in [0.5, 0.6) is 0 Å². The average molecular weight is 145 g/mol. The first-order valence-electron chi connectivity index (χ1n) is 2.50. The Bertz CT molecular complexity index is 176. The zero-order valence-electron chi connectivity index (χ0n) is 5.15. The van der Waals surface area contributed by atoms with Crippen LogP contribution in [0.4, 0.5) is 0 Å². The second-order valence-electron chi connectivity index (χ2n) is 1.63. The maximum Gasteiger partial charge on any atom is 0.324 e. The molecule has 0 rings (SSSR count). The molecule has 1 unspecified atom stereocenters. The minimum Gasteiger partial charge on any atom is -0.480 e. The zero-order chi connectivity index (χ0) is 8.15. The summed E-state index contributed by atoms with van der Waals surface area (Å²) in [5.41, 5.74) is 9.64. The first kappa shape index (κ1) is 8.64. The second-order valence-corrected chi connectivity index (χ2v) is 1.63. The smallest absolute Gasteiger partial charge is 0.324 e. The van der Waals surface area contributed by atoms with Crippen LogP contribution in [0.1, 0.15) is 0 Å². The molecule has 0 spiro atoms. The summed E-state index contributed by atoms with van der Waals surface area (Å²) < 4.78 is 0. The van der Waals surface area contributed by atoms with E-state index in [2.05, 4.69) is 5.73 Å². The Morgan fingerprint density at radius 2 is 2.00 bits per heavy atom. The van der Waals surface area contributed by atoms with Gasteiger partial charge in [0.25, 0.3) is 0 Å². The number of hydrogen-bond acceptors (Lipinski definition) is 3. The summed E-state index contributed by atoms with van der Waals surface area (Å²) >= 11 is 0. The highest BCUT2D eigenvalue weighted by Crippen LogP contribution is 1.80. The van der Waals surface area contributed by atoms with E-state index in [0.717, 1.165) is 12.2 Å². The number of carboxylic acids is 1. The van der Waals surface area contributed by atoms with Gasteiger partial charge in [-0.15, -0.1) is 0 Å². The van der Waals surface area contributed by atoms with Gasteiger partial charge in [-0.25, -0.2) is 0 Å². The molecule has 0 saturated carbocycles. The van der Waals surface area contributed by atoms with Crippen LogP contribution in [0, 0.1) is 0 Å². The van der Waals surface area contributed by atoms with Crippen LogP contribution >= 0.6 is 0 Å². The van der Waals surface area contributed by atoms with Crippen LogP contribution in [0.25, 0.3) is 0 Å². The lowest BCUT2D eigenvalue weighted by Crippen LogP contribution is -2.28. The molecular weight excluding hydrogens is 137 g/mol. The number of aliphatic carboxylic acids is 1. The summed E-state index contributed by atoms with van der Waals surface area (Å²) in [6.45, 7) is 0. The predicted molar refractivity (Wildman–Crippen MR) is 33.9 cm³/mol. The topological polar surface area (TPSA) is 106 Å². The minimum absolute atomic E-state index is 0.711. The number of carbonyl (C=O) groups excluding carboxylic acids is 1. The Kier molecular flexibility index (Phi) is 3.13. The van der Waals surface area contributed by atoms with Crippen molar-refractivity contribution in [3.8, 4) is 0 Å². The molecule has 1 atom stereocenters. The lowest BCUT2D eigenvalue weighted by Gasteiger charge is -1.95. The van der Waals surface area contributed by atoms with Crippen molar-refractivity contribution < 1.29 is 14.7 Å². The van der Waals surface area contributed by atoms with Crippen molar-refractivity contribution in [2.45, 2.75) is 6.04 Å². The quantitative estimate of drug-likeness (QED) is 0.329. The van der Waals surface area contributed by atoms with Crippen molar-refractivity contribution in [3.63, 3.8) is 0 Å². The fourth-order valence-electron chi connectivity index (χ4n) is 0.281.